The Balaban J connectivity index is 1.75. The number of carbonyl (C=O) groups is 3. The molecule has 3 N–H and O–H groups in total. The monoisotopic (exact) mass is 609 g/mol. The molecule has 0 radical (unpaired) electrons. The molecule has 236 valence electrons. The van der Waals surface area contributed by atoms with E-state index in [9.17, 15) is 19.5 Å². The number of carbonyl (C=O) groups excluding carboxylic acids is 3. The van der Waals surface area contributed by atoms with Crippen LogP contribution in [0.2, 0.25) is 0 Å². The van der Waals surface area contributed by atoms with Crippen molar-refractivity contribution in [2.45, 2.75) is 72.1 Å². The van der Waals surface area contributed by atoms with Crippen LogP contribution >= 0.6 is 0 Å². The van der Waals surface area contributed by atoms with Gasteiger partial charge in [-0.2, -0.15) is 0 Å². The number of phenols is 1. The summed E-state index contributed by atoms with van der Waals surface area (Å²) in [6.45, 7) is 11.4. The summed E-state index contributed by atoms with van der Waals surface area (Å²) in [7, 11) is 0. The van der Waals surface area contributed by atoms with E-state index >= 15 is 0 Å². The predicted molar refractivity (Wildman–Crippen MR) is 178 cm³/mol. The minimum Gasteiger partial charge on any atom is -0.508 e. The second kappa shape index (κ2) is 14.3. The number of aryl methyl sites for hydroxylation is 2. The Kier molecular flexibility index (Phi) is 10.5. The molecule has 0 aromatic heterocycles. The summed E-state index contributed by atoms with van der Waals surface area (Å²) in [5.74, 6) is -0.694. The number of fused-ring (bicyclic) bond motifs is 1. The number of ether oxygens (including phenoxy) is 1. The van der Waals surface area contributed by atoms with Crippen LogP contribution in [-0.2, 0) is 20.7 Å². The van der Waals surface area contributed by atoms with E-state index in [1.165, 1.54) is 12.1 Å². The molecule has 0 aliphatic carbocycles. The van der Waals surface area contributed by atoms with Crippen LogP contribution in [0.5, 0.6) is 5.75 Å². The summed E-state index contributed by atoms with van der Waals surface area (Å²) in [6, 6.07) is 23.9. The molecule has 0 aliphatic rings. The average Bonchev–Trinajstić information content (AvgIpc) is 2.96. The molecular formula is C37H43N3O5. The summed E-state index contributed by atoms with van der Waals surface area (Å²) < 4.78 is 5.51. The number of amides is 3. The molecule has 4 aromatic rings. The fourth-order valence-corrected chi connectivity index (χ4v) is 5.44. The highest BCUT2D eigenvalue weighted by molar-refractivity contribution is 6.00. The minimum absolute atomic E-state index is 0.0922. The molecule has 0 spiro atoms. The summed E-state index contributed by atoms with van der Waals surface area (Å²) >= 11 is 0. The first-order chi connectivity index (χ1) is 21.3. The Morgan fingerprint density at radius 2 is 1.51 bits per heavy atom. The maximum absolute atomic E-state index is 14.5. The van der Waals surface area contributed by atoms with Gasteiger partial charge in [0.05, 0.1) is 0 Å². The van der Waals surface area contributed by atoms with Crippen molar-refractivity contribution < 1.29 is 24.2 Å². The number of hydrogen-bond donors (Lipinski definition) is 3. The Morgan fingerprint density at radius 3 is 2.13 bits per heavy atom. The molecule has 2 unspecified atom stereocenters. The van der Waals surface area contributed by atoms with Gasteiger partial charge in [-0.15, -0.1) is 0 Å². The summed E-state index contributed by atoms with van der Waals surface area (Å²) in [5, 5.41) is 17.7. The fraction of sp³-hybridized carbons (Fsp3) is 0.324. The van der Waals surface area contributed by atoms with Crippen molar-refractivity contribution in [3.63, 3.8) is 0 Å². The van der Waals surface area contributed by atoms with Gasteiger partial charge in [-0.3, -0.25) is 9.59 Å². The van der Waals surface area contributed by atoms with Crippen LogP contribution in [0.15, 0.2) is 84.9 Å². The Labute approximate surface area is 265 Å². The van der Waals surface area contributed by atoms with Gasteiger partial charge in [0, 0.05) is 18.7 Å². The number of nitrogens with one attached hydrogen (secondary N) is 2. The number of nitrogens with zero attached hydrogens (tertiary/aromatic N) is 1. The maximum Gasteiger partial charge on any atom is 0.408 e. The van der Waals surface area contributed by atoms with Crippen LogP contribution in [0.1, 0.15) is 62.4 Å². The molecule has 45 heavy (non-hydrogen) atoms. The van der Waals surface area contributed by atoms with Gasteiger partial charge in [0.15, 0.2) is 0 Å². The van der Waals surface area contributed by atoms with E-state index in [2.05, 4.69) is 10.6 Å². The third kappa shape index (κ3) is 9.08. The predicted octanol–water partition coefficient (Wildman–Crippen LogP) is 7.22. The van der Waals surface area contributed by atoms with Crippen molar-refractivity contribution >= 4 is 34.4 Å². The van der Waals surface area contributed by atoms with Crippen LogP contribution in [0.3, 0.4) is 0 Å². The highest BCUT2D eigenvalue weighted by Gasteiger charge is 2.36. The van der Waals surface area contributed by atoms with Gasteiger partial charge in [-0.1, -0.05) is 78.7 Å². The molecule has 8 heteroatoms. The second-order valence-electron chi connectivity index (χ2n) is 12.5. The Morgan fingerprint density at radius 1 is 0.867 bits per heavy atom. The standard InChI is InChI=1S/C37H43N3O5/c1-7-18-40(35(43)32(39-36(44)45-37(4,5)6)22-26-12-16-31(41)17-13-26)33(29-20-24(2)19-25(3)21-29)34(42)38-30-15-14-27-10-8-9-11-28(27)23-30/h8-17,19-21,23,32-33,41H,7,18,22H2,1-6H3,(H,38,42)(H,39,44). The van der Waals surface area contributed by atoms with E-state index in [1.54, 1.807) is 37.8 Å². The Bertz CT molecular complexity index is 1640. The molecular weight excluding hydrogens is 566 g/mol. The SMILES string of the molecule is CCCN(C(=O)C(Cc1ccc(O)cc1)NC(=O)OC(C)(C)C)C(C(=O)Nc1ccc2ccccc2c1)c1cc(C)cc(C)c1. The van der Waals surface area contributed by atoms with Gasteiger partial charge in [-0.05, 0) is 87.2 Å². The lowest BCUT2D eigenvalue weighted by Crippen LogP contribution is -2.53. The quantitative estimate of drug-likeness (QED) is 0.176. The number of hydrogen-bond acceptors (Lipinski definition) is 5. The number of phenolic OH excluding ortho intramolecular Hbond substituents is 1. The lowest BCUT2D eigenvalue weighted by atomic mass is 9.97. The molecule has 0 bridgehead atoms. The van der Waals surface area contributed by atoms with Gasteiger partial charge >= 0.3 is 6.09 Å². The maximum atomic E-state index is 14.5. The van der Waals surface area contributed by atoms with E-state index < -0.39 is 29.7 Å². The molecule has 4 rings (SSSR count). The first kappa shape index (κ1) is 33.1. The molecule has 4 aromatic carbocycles. The van der Waals surface area contributed by atoms with Crippen molar-refractivity contribution in [3.05, 3.63) is 107 Å². The molecule has 2 atom stereocenters. The molecule has 0 heterocycles. The summed E-state index contributed by atoms with van der Waals surface area (Å²) in [4.78, 5) is 43.4. The highest BCUT2D eigenvalue weighted by Crippen LogP contribution is 2.28. The lowest BCUT2D eigenvalue weighted by molar-refractivity contribution is -0.140. The van der Waals surface area contributed by atoms with Gasteiger partial charge in [0.2, 0.25) is 5.91 Å². The first-order valence-corrected chi connectivity index (χ1v) is 15.3. The van der Waals surface area contributed by atoms with Gasteiger partial charge < -0.3 is 25.4 Å². The zero-order valence-corrected chi connectivity index (χ0v) is 26.9. The van der Waals surface area contributed by atoms with Crippen molar-refractivity contribution in [3.8, 4) is 5.75 Å². The van der Waals surface area contributed by atoms with Crippen LogP contribution in [0, 0.1) is 13.8 Å². The zero-order valence-electron chi connectivity index (χ0n) is 26.9. The lowest BCUT2D eigenvalue weighted by Gasteiger charge is -2.34. The van der Waals surface area contributed by atoms with Crippen LogP contribution in [0.4, 0.5) is 10.5 Å². The highest BCUT2D eigenvalue weighted by atomic mass is 16.6. The topological polar surface area (TPSA) is 108 Å². The minimum atomic E-state index is -1.04. The second-order valence-corrected chi connectivity index (χ2v) is 12.5. The van der Waals surface area contributed by atoms with Crippen molar-refractivity contribution in [2.24, 2.45) is 0 Å². The number of alkyl carbamates (subject to hydrolysis) is 1. The van der Waals surface area contributed by atoms with Crippen LogP contribution < -0.4 is 10.6 Å². The molecule has 0 saturated heterocycles. The summed E-state index contributed by atoms with van der Waals surface area (Å²) in [6.07, 6.45) is -0.0290. The average molecular weight is 610 g/mol. The van der Waals surface area contributed by atoms with E-state index in [0.29, 0.717) is 17.7 Å². The molecule has 0 fully saturated rings. The Hall–Kier alpha value is -4.85. The van der Waals surface area contributed by atoms with E-state index in [-0.39, 0.29) is 24.6 Å². The van der Waals surface area contributed by atoms with Gasteiger partial charge in [-0.25, -0.2) is 4.79 Å². The fourth-order valence-electron chi connectivity index (χ4n) is 5.44. The number of aromatic hydroxyl groups is 1. The number of rotatable bonds is 10. The van der Waals surface area contributed by atoms with Crippen LogP contribution in [-0.4, -0.2) is 46.1 Å². The van der Waals surface area contributed by atoms with Crippen molar-refractivity contribution in [1.29, 1.82) is 0 Å². The smallest absolute Gasteiger partial charge is 0.408 e. The van der Waals surface area contributed by atoms with Gasteiger partial charge in [0.1, 0.15) is 23.4 Å². The third-order valence-electron chi connectivity index (χ3n) is 7.25. The largest absolute Gasteiger partial charge is 0.508 e. The van der Waals surface area contributed by atoms with Gasteiger partial charge in [0.25, 0.3) is 5.91 Å². The first-order valence-electron chi connectivity index (χ1n) is 15.3. The van der Waals surface area contributed by atoms with E-state index in [4.69, 9.17) is 4.74 Å². The zero-order chi connectivity index (χ0) is 32.7. The molecule has 0 saturated carbocycles. The summed E-state index contributed by atoms with van der Waals surface area (Å²) in [5.41, 5.74) is 3.16. The number of anilines is 1. The molecule has 8 nitrogen and oxygen atoms in total. The van der Waals surface area contributed by atoms with E-state index in [1.807, 2.05) is 81.4 Å². The van der Waals surface area contributed by atoms with Crippen LogP contribution in [0.25, 0.3) is 10.8 Å². The third-order valence-corrected chi connectivity index (χ3v) is 7.25. The van der Waals surface area contributed by atoms with Crippen molar-refractivity contribution in [1.82, 2.24) is 10.2 Å². The molecule has 0 aliphatic heterocycles. The van der Waals surface area contributed by atoms with Crippen molar-refractivity contribution in [2.75, 3.05) is 11.9 Å². The van der Waals surface area contributed by atoms with E-state index in [0.717, 1.165) is 27.5 Å². The molecule has 3 amide bonds. The number of benzene rings is 4. The normalized spacial score (nSPS) is 12.7.